The summed E-state index contributed by atoms with van der Waals surface area (Å²) in [7, 11) is 0. The minimum atomic E-state index is 0.307. The van der Waals surface area contributed by atoms with Gasteiger partial charge in [0.1, 0.15) is 5.84 Å². The maximum Gasteiger partial charge on any atom is 0.140 e. The summed E-state index contributed by atoms with van der Waals surface area (Å²) in [4.78, 5) is 0. The van der Waals surface area contributed by atoms with Crippen molar-refractivity contribution >= 4 is 5.84 Å². The van der Waals surface area contributed by atoms with E-state index in [1.165, 1.54) is 32.1 Å². The van der Waals surface area contributed by atoms with Crippen LogP contribution in [0.2, 0.25) is 0 Å². The summed E-state index contributed by atoms with van der Waals surface area (Å²) in [5.74, 6) is 1.07. The lowest BCUT2D eigenvalue weighted by atomic mass is 9.78. The lowest BCUT2D eigenvalue weighted by molar-refractivity contribution is 0.225. The van der Waals surface area contributed by atoms with E-state index in [0.29, 0.717) is 17.7 Å². The van der Waals surface area contributed by atoms with Crippen LogP contribution in [0.25, 0.3) is 0 Å². The zero-order chi connectivity index (χ0) is 12.7. The molecule has 0 aliphatic heterocycles. The highest BCUT2D eigenvalue weighted by molar-refractivity contribution is 5.79. The number of nitrogens with zero attached hydrogens (tertiary/aromatic N) is 1. The fraction of sp³-hybridized carbons (Fsp3) is 0.923. The van der Waals surface area contributed by atoms with Crippen molar-refractivity contribution in [3.8, 4) is 0 Å². The maximum atomic E-state index is 8.45. The van der Waals surface area contributed by atoms with Crippen molar-refractivity contribution in [1.29, 1.82) is 0 Å². The van der Waals surface area contributed by atoms with Gasteiger partial charge in [0, 0.05) is 19.5 Å². The first kappa shape index (κ1) is 14.3. The van der Waals surface area contributed by atoms with Crippen molar-refractivity contribution in [3.05, 3.63) is 0 Å². The molecule has 1 aliphatic carbocycles. The Kier molecular flexibility index (Phi) is 5.75. The molecule has 4 N–H and O–H groups in total. The predicted octanol–water partition coefficient (Wildman–Crippen LogP) is 2.32. The Morgan fingerprint density at radius 1 is 1.41 bits per heavy atom. The van der Waals surface area contributed by atoms with Gasteiger partial charge in [0.05, 0.1) is 0 Å². The van der Waals surface area contributed by atoms with Gasteiger partial charge in [-0.1, -0.05) is 31.8 Å². The molecule has 0 aromatic heterocycles. The largest absolute Gasteiger partial charge is 0.409 e. The third-order valence-corrected chi connectivity index (χ3v) is 3.69. The van der Waals surface area contributed by atoms with Crippen LogP contribution in [0.1, 0.15) is 52.4 Å². The number of hydrogen-bond acceptors (Lipinski definition) is 3. The smallest absolute Gasteiger partial charge is 0.140 e. The number of oxime groups is 1. The molecule has 4 heteroatoms. The monoisotopic (exact) mass is 241 g/mol. The number of nitrogens with two attached hydrogens (primary N) is 1. The Labute approximate surface area is 105 Å². The standard InChI is InChI=1S/C13H27N3O/c1-11(2)9-13(6-3-4-7-13)10-15-8-5-12(14)16-17/h11,15,17H,3-10H2,1-2H3,(H2,14,16). The predicted molar refractivity (Wildman–Crippen MR) is 71.3 cm³/mol. The molecule has 0 unspecified atom stereocenters. The Balaban J connectivity index is 2.30. The lowest BCUT2D eigenvalue weighted by Gasteiger charge is -2.31. The first-order valence-electron chi connectivity index (χ1n) is 6.75. The molecule has 0 aromatic carbocycles. The molecule has 1 rings (SSSR count). The zero-order valence-electron chi connectivity index (χ0n) is 11.2. The van der Waals surface area contributed by atoms with Crippen molar-refractivity contribution in [2.75, 3.05) is 13.1 Å². The topological polar surface area (TPSA) is 70.6 Å². The molecule has 1 saturated carbocycles. The van der Waals surface area contributed by atoms with E-state index in [2.05, 4.69) is 24.3 Å². The van der Waals surface area contributed by atoms with Crippen LogP contribution in [-0.2, 0) is 0 Å². The molecular weight excluding hydrogens is 214 g/mol. The molecule has 100 valence electrons. The van der Waals surface area contributed by atoms with Crippen LogP contribution in [0.4, 0.5) is 0 Å². The Morgan fingerprint density at radius 2 is 2.06 bits per heavy atom. The van der Waals surface area contributed by atoms with Gasteiger partial charge in [0.2, 0.25) is 0 Å². The zero-order valence-corrected chi connectivity index (χ0v) is 11.2. The van der Waals surface area contributed by atoms with E-state index in [4.69, 9.17) is 10.9 Å². The Hall–Kier alpha value is -0.770. The van der Waals surface area contributed by atoms with Gasteiger partial charge in [-0.2, -0.15) is 0 Å². The molecule has 1 fully saturated rings. The molecular formula is C13H27N3O. The van der Waals surface area contributed by atoms with Gasteiger partial charge in [-0.05, 0) is 30.6 Å². The molecule has 17 heavy (non-hydrogen) atoms. The van der Waals surface area contributed by atoms with Crippen molar-refractivity contribution in [2.45, 2.75) is 52.4 Å². The van der Waals surface area contributed by atoms with Gasteiger partial charge in [-0.3, -0.25) is 0 Å². The summed E-state index contributed by atoms with van der Waals surface area (Å²) in [6.07, 6.45) is 7.37. The van der Waals surface area contributed by atoms with Gasteiger partial charge in [-0.15, -0.1) is 0 Å². The molecule has 0 spiro atoms. The second kappa shape index (κ2) is 6.84. The van der Waals surface area contributed by atoms with Crippen LogP contribution in [0.5, 0.6) is 0 Å². The van der Waals surface area contributed by atoms with E-state index in [-0.39, 0.29) is 0 Å². The van der Waals surface area contributed by atoms with E-state index < -0.39 is 0 Å². The Bertz CT molecular complexity index is 245. The number of hydrogen-bond donors (Lipinski definition) is 3. The molecule has 0 atom stereocenters. The fourth-order valence-electron chi connectivity index (χ4n) is 3.06. The third kappa shape index (κ3) is 4.94. The van der Waals surface area contributed by atoms with Crippen LogP contribution in [-0.4, -0.2) is 24.1 Å². The average molecular weight is 241 g/mol. The number of rotatable bonds is 7. The van der Waals surface area contributed by atoms with Crippen LogP contribution in [0.3, 0.4) is 0 Å². The second-order valence-corrected chi connectivity index (χ2v) is 5.82. The molecule has 0 bridgehead atoms. The highest BCUT2D eigenvalue weighted by Crippen LogP contribution is 2.42. The normalized spacial score (nSPS) is 20.1. The third-order valence-electron chi connectivity index (χ3n) is 3.69. The molecule has 0 aromatic rings. The van der Waals surface area contributed by atoms with Crippen LogP contribution < -0.4 is 11.1 Å². The fourth-order valence-corrected chi connectivity index (χ4v) is 3.06. The second-order valence-electron chi connectivity index (χ2n) is 5.82. The van der Waals surface area contributed by atoms with Gasteiger partial charge in [0.25, 0.3) is 0 Å². The highest BCUT2D eigenvalue weighted by atomic mass is 16.4. The van der Waals surface area contributed by atoms with Crippen LogP contribution >= 0.6 is 0 Å². The van der Waals surface area contributed by atoms with E-state index in [1.807, 2.05) is 0 Å². The average Bonchev–Trinajstić information content (AvgIpc) is 2.72. The quantitative estimate of drug-likeness (QED) is 0.211. The van der Waals surface area contributed by atoms with E-state index >= 15 is 0 Å². The highest BCUT2D eigenvalue weighted by Gasteiger charge is 2.33. The lowest BCUT2D eigenvalue weighted by Crippen LogP contribution is -2.35. The van der Waals surface area contributed by atoms with Crippen LogP contribution in [0, 0.1) is 11.3 Å². The Morgan fingerprint density at radius 3 is 2.59 bits per heavy atom. The first-order valence-corrected chi connectivity index (χ1v) is 6.75. The first-order chi connectivity index (χ1) is 8.08. The maximum absolute atomic E-state index is 8.45. The molecule has 1 aliphatic rings. The minimum absolute atomic E-state index is 0.307. The summed E-state index contributed by atoms with van der Waals surface area (Å²) in [6.45, 7) is 6.48. The van der Waals surface area contributed by atoms with Crippen molar-refractivity contribution in [3.63, 3.8) is 0 Å². The van der Waals surface area contributed by atoms with Crippen molar-refractivity contribution < 1.29 is 5.21 Å². The molecule has 0 saturated heterocycles. The molecule has 0 radical (unpaired) electrons. The molecule has 4 nitrogen and oxygen atoms in total. The summed E-state index contributed by atoms with van der Waals surface area (Å²) < 4.78 is 0. The minimum Gasteiger partial charge on any atom is -0.409 e. The summed E-state index contributed by atoms with van der Waals surface area (Å²) in [5, 5.41) is 14.9. The van der Waals surface area contributed by atoms with Crippen LogP contribution in [0.15, 0.2) is 5.16 Å². The summed E-state index contributed by atoms with van der Waals surface area (Å²) in [6, 6.07) is 0. The number of nitrogens with one attached hydrogen (secondary N) is 1. The van der Waals surface area contributed by atoms with Crippen molar-refractivity contribution in [1.82, 2.24) is 5.32 Å². The van der Waals surface area contributed by atoms with E-state index in [1.54, 1.807) is 0 Å². The van der Waals surface area contributed by atoms with Crippen molar-refractivity contribution in [2.24, 2.45) is 22.2 Å². The van der Waals surface area contributed by atoms with E-state index in [0.717, 1.165) is 19.0 Å². The van der Waals surface area contributed by atoms with Gasteiger partial charge in [0.15, 0.2) is 0 Å². The van der Waals surface area contributed by atoms with Gasteiger partial charge in [-0.25, -0.2) is 0 Å². The molecule has 0 heterocycles. The molecule has 0 amide bonds. The van der Waals surface area contributed by atoms with Gasteiger partial charge < -0.3 is 16.3 Å². The SMILES string of the molecule is CC(C)CC1(CNCCC(N)=NO)CCCC1. The number of amidine groups is 1. The van der Waals surface area contributed by atoms with E-state index in [9.17, 15) is 0 Å². The summed E-state index contributed by atoms with van der Waals surface area (Å²) in [5.41, 5.74) is 5.94. The van der Waals surface area contributed by atoms with Gasteiger partial charge >= 0.3 is 0 Å². The summed E-state index contributed by atoms with van der Waals surface area (Å²) >= 11 is 0.